The number of carbonyl (C=O) groups excluding carboxylic acids is 2. The van der Waals surface area contributed by atoms with Crippen LogP contribution in [-0.4, -0.2) is 35.8 Å². The van der Waals surface area contributed by atoms with Crippen molar-refractivity contribution in [3.8, 4) is 0 Å². The largest absolute Gasteiger partial charge is 0.313 e. The Bertz CT molecular complexity index is 421. The number of fused-ring (bicyclic) bond motifs is 1. The quantitative estimate of drug-likeness (QED) is 0.796. The number of rotatable bonds is 4. The van der Waals surface area contributed by atoms with E-state index in [0.29, 0.717) is 17.7 Å². The van der Waals surface area contributed by atoms with E-state index in [-0.39, 0.29) is 17.9 Å². The molecule has 1 heterocycles. The number of nitrogens with zero attached hydrogens (tertiary/aromatic N) is 1. The zero-order valence-electron chi connectivity index (χ0n) is 10.1. The average molecular weight is 232 g/mol. The highest BCUT2D eigenvalue weighted by atomic mass is 16.2. The molecular weight excluding hydrogens is 216 g/mol. The van der Waals surface area contributed by atoms with Gasteiger partial charge in [0.05, 0.1) is 11.1 Å². The van der Waals surface area contributed by atoms with Crippen molar-refractivity contribution in [1.29, 1.82) is 0 Å². The summed E-state index contributed by atoms with van der Waals surface area (Å²) in [4.78, 5) is 25.4. The fourth-order valence-electron chi connectivity index (χ4n) is 2.09. The zero-order chi connectivity index (χ0) is 12.4. The van der Waals surface area contributed by atoms with Gasteiger partial charge in [-0.25, -0.2) is 0 Å². The summed E-state index contributed by atoms with van der Waals surface area (Å²) in [5.41, 5.74) is 1.03. The maximum Gasteiger partial charge on any atom is 0.261 e. The molecule has 0 aliphatic carbocycles. The van der Waals surface area contributed by atoms with Gasteiger partial charge in [0, 0.05) is 12.6 Å². The van der Waals surface area contributed by atoms with Gasteiger partial charge in [0.2, 0.25) is 0 Å². The number of carbonyl (C=O) groups is 2. The second-order valence-electron chi connectivity index (χ2n) is 4.23. The summed E-state index contributed by atoms with van der Waals surface area (Å²) < 4.78 is 0. The minimum Gasteiger partial charge on any atom is -0.313 e. The molecule has 2 rings (SSSR count). The van der Waals surface area contributed by atoms with Gasteiger partial charge >= 0.3 is 0 Å². The fourth-order valence-corrected chi connectivity index (χ4v) is 2.09. The number of hydrogen-bond donors (Lipinski definition) is 1. The summed E-state index contributed by atoms with van der Waals surface area (Å²) in [5.74, 6) is -0.370. The lowest BCUT2D eigenvalue weighted by atomic mass is 10.1. The van der Waals surface area contributed by atoms with E-state index in [1.165, 1.54) is 4.90 Å². The van der Waals surface area contributed by atoms with Gasteiger partial charge in [-0.3, -0.25) is 14.5 Å². The molecule has 0 saturated carbocycles. The summed E-state index contributed by atoms with van der Waals surface area (Å²) in [7, 11) is 0. The Kier molecular flexibility index (Phi) is 3.24. The molecule has 90 valence electrons. The first-order valence-corrected chi connectivity index (χ1v) is 5.83. The van der Waals surface area contributed by atoms with Crippen LogP contribution in [-0.2, 0) is 0 Å². The minimum atomic E-state index is -0.185. The molecule has 1 aliphatic rings. The topological polar surface area (TPSA) is 49.4 Å². The van der Waals surface area contributed by atoms with Gasteiger partial charge in [-0.15, -0.1) is 0 Å². The van der Waals surface area contributed by atoms with E-state index in [1.54, 1.807) is 24.3 Å². The van der Waals surface area contributed by atoms with Gasteiger partial charge in [-0.2, -0.15) is 0 Å². The summed E-state index contributed by atoms with van der Waals surface area (Å²) in [5, 5.41) is 3.19. The highest BCUT2D eigenvalue weighted by Crippen LogP contribution is 2.22. The van der Waals surface area contributed by atoms with E-state index >= 15 is 0 Å². The van der Waals surface area contributed by atoms with Crippen molar-refractivity contribution in [2.75, 3.05) is 13.1 Å². The summed E-state index contributed by atoms with van der Waals surface area (Å²) >= 11 is 0. The van der Waals surface area contributed by atoms with Crippen LogP contribution in [0.4, 0.5) is 0 Å². The predicted octanol–water partition coefficient (Wildman–Crippen LogP) is 1.28. The Labute approximate surface area is 101 Å². The first kappa shape index (κ1) is 11.8. The van der Waals surface area contributed by atoms with Crippen LogP contribution in [0.25, 0.3) is 0 Å². The van der Waals surface area contributed by atoms with Crippen molar-refractivity contribution in [2.24, 2.45) is 0 Å². The van der Waals surface area contributed by atoms with Crippen LogP contribution < -0.4 is 5.32 Å². The molecule has 1 N–H and O–H groups in total. The third-order valence-electron chi connectivity index (χ3n) is 2.89. The zero-order valence-corrected chi connectivity index (χ0v) is 10.1. The molecule has 0 fully saturated rings. The van der Waals surface area contributed by atoms with E-state index in [4.69, 9.17) is 0 Å². The number of hydrogen-bond acceptors (Lipinski definition) is 3. The van der Waals surface area contributed by atoms with Gasteiger partial charge in [0.25, 0.3) is 11.8 Å². The van der Waals surface area contributed by atoms with Crippen molar-refractivity contribution < 1.29 is 9.59 Å². The van der Waals surface area contributed by atoms with Crippen LogP contribution >= 0.6 is 0 Å². The molecule has 0 bridgehead atoms. The molecule has 4 heteroatoms. The van der Waals surface area contributed by atoms with Crippen molar-refractivity contribution >= 4 is 11.8 Å². The standard InChI is InChI=1S/C13H16N2O2/c1-3-14-9(2)8-15-12(16)10-6-4-5-7-11(10)13(15)17/h4-7,9,14H,3,8H2,1-2H3. The summed E-state index contributed by atoms with van der Waals surface area (Å²) in [6.45, 7) is 5.20. The van der Waals surface area contributed by atoms with E-state index in [0.717, 1.165) is 6.54 Å². The Morgan fingerprint density at radius 2 is 1.71 bits per heavy atom. The molecule has 0 aromatic heterocycles. The maximum atomic E-state index is 12.0. The maximum absolute atomic E-state index is 12.0. The van der Waals surface area contributed by atoms with Crippen molar-refractivity contribution in [2.45, 2.75) is 19.9 Å². The number of amides is 2. The van der Waals surface area contributed by atoms with E-state index in [9.17, 15) is 9.59 Å². The Hall–Kier alpha value is -1.68. The summed E-state index contributed by atoms with van der Waals surface area (Å²) in [6.07, 6.45) is 0. The predicted molar refractivity (Wildman–Crippen MR) is 64.9 cm³/mol. The smallest absolute Gasteiger partial charge is 0.261 e. The summed E-state index contributed by atoms with van der Waals surface area (Å²) in [6, 6.07) is 7.07. The molecule has 17 heavy (non-hydrogen) atoms. The Morgan fingerprint density at radius 1 is 1.18 bits per heavy atom. The molecule has 0 spiro atoms. The number of imide groups is 1. The molecule has 0 radical (unpaired) electrons. The Morgan fingerprint density at radius 3 is 2.18 bits per heavy atom. The highest BCUT2D eigenvalue weighted by molar-refractivity contribution is 6.21. The molecule has 4 nitrogen and oxygen atoms in total. The molecule has 1 atom stereocenters. The van der Waals surface area contributed by atoms with Crippen LogP contribution in [0.3, 0.4) is 0 Å². The molecule has 2 amide bonds. The van der Waals surface area contributed by atoms with Gasteiger partial charge < -0.3 is 5.32 Å². The molecule has 0 saturated heterocycles. The molecule has 1 aliphatic heterocycles. The first-order chi connectivity index (χ1) is 8.15. The average Bonchev–Trinajstić information content (AvgIpc) is 2.56. The van der Waals surface area contributed by atoms with Crippen LogP contribution in [0.1, 0.15) is 34.6 Å². The highest BCUT2D eigenvalue weighted by Gasteiger charge is 2.35. The van der Waals surface area contributed by atoms with E-state index in [1.807, 2.05) is 13.8 Å². The fraction of sp³-hybridized carbons (Fsp3) is 0.385. The number of likely N-dealkylation sites (N-methyl/N-ethyl adjacent to an activating group) is 1. The van der Waals surface area contributed by atoms with Crippen LogP contribution in [0.2, 0.25) is 0 Å². The van der Waals surface area contributed by atoms with Crippen molar-refractivity contribution in [3.63, 3.8) is 0 Å². The van der Waals surface area contributed by atoms with Crippen LogP contribution in [0, 0.1) is 0 Å². The van der Waals surface area contributed by atoms with Crippen LogP contribution in [0.5, 0.6) is 0 Å². The second-order valence-corrected chi connectivity index (χ2v) is 4.23. The number of benzene rings is 1. The van der Waals surface area contributed by atoms with Crippen molar-refractivity contribution in [3.05, 3.63) is 35.4 Å². The molecule has 1 aromatic carbocycles. The molecule has 1 unspecified atom stereocenters. The third-order valence-corrected chi connectivity index (χ3v) is 2.89. The monoisotopic (exact) mass is 232 g/mol. The SMILES string of the molecule is CCNC(C)CN1C(=O)c2ccccc2C1=O. The lowest BCUT2D eigenvalue weighted by Crippen LogP contribution is -2.41. The lowest BCUT2D eigenvalue weighted by Gasteiger charge is -2.19. The van der Waals surface area contributed by atoms with E-state index < -0.39 is 0 Å². The number of nitrogens with one attached hydrogen (secondary N) is 1. The second kappa shape index (κ2) is 4.67. The van der Waals surface area contributed by atoms with Crippen LogP contribution in [0.15, 0.2) is 24.3 Å². The molecule has 1 aromatic rings. The van der Waals surface area contributed by atoms with Gasteiger partial charge in [-0.1, -0.05) is 19.1 Å². The first-order valence-electron chi connectivity index (χ1n) is 5.83. The van der Waals surface area contributed by atoms with E-state index in [2.05, 4.69) is 5.32 Å². The van der Waals surface area contributed by atoms with Crippen molar-refractivity contribution in [1.82, 2.24) is 10.2 Å². The molecular formula is C13H16N2O2. The van der Waals surface area contributed by atoms with Gasteiger partial charge in [-0.05, 0) is 25.6 Å². The lowest BCUT2D eigenvalue weighted by molar-refractivity contribution is 0.0641. The minimum absolute atomic E-state index is 0.113. The third kappa shape index (κ3) is 2.08. The van der Waals surface area contributed by atoms with Gasteiger partial charge in [0.1, 0.15) is 0 Å². The normalized spacial score (nSPS) is 16.2. The van der Waals surface area contributed by atoms with Gasteiger partial charge in [0.15, 0.2) is 0 Å². The Balaban J connectivity index is 2.19.